The van der Waals surface area contributed by atoms with Crippen LogP contribution in [-0.2, 0) is 9.47 Å². The molecule has 0 aromatic heterocycles. The molecule has 1 aliphatic heterocycles. The molecule has 0 atom stereocenters. The van der Waals surface area contributed by atoms with E-state index < -0.39 is 47.4 Å². The van der Waals surface area contributed by atoms with Gasteiger partial charge in [0, 0.05) is 16.9 Å². The van der Waals surface area contributed by atoms with Gasteiger partial charge in [-0.25, -0.2) is 17.6 Å². The van der Waals surface area contributed by atoms with Crippen molar-refractivity contribution >= 4 is 10.8 Å². The molecule has 1 saturated heterocycles. The van der Waals surface area contributed by atoms with Gasteiger partial charge in [0.1, 0.15) is 0 Å². The average molecular weight is 573 g/mol. The van der Waals surface area contributed by atoms with Crippen molar-refractivity contribution in [1.29, 1.82) is 0 Å². The maximum atomic E-state index is 14.7. The van der Waals surface area contributed by atoms with E-state index in [2.05, 4.69) is 11.7 Å². The molecular weight excluding hydrogens is 545 g/mol. The van der Waals surface area contributed by atoms with E-state index in [0.29, 0.717) is 17.0 Å². The van der Waals surface area contributed by atoms with Crippen molar-refractivity contribution in [1.82, 2.24) is 0 Å². The molecule has 0 N–H and O–H groups in total. The Morgan fingerprint density at radius 2 is 1.43 bits per heavy atom. The van der Waals surface area contributed by atoms with Crippen LogP contribution >= 0.6 is 0 Å². The van der Waals surface area contributed by atoms with E-state index in [1.807, 2.05) is 0 Å². The second-order valence-corrected chi connectivity index (χ2v) is 10.5. The van der Waals surface area contributed by atoms with Gasteiger partial charge in [0.15, 0.2) is 35.3 Å². The van der Waals surface area contributed by atoms with E-state index in [1.165, 1.54) is 30.3 Å². The number of alkyl halides is 3. The van der Waals surface area contributed by atoms with E-state index in [1.54, 1.807) is 0 Å². The van der Waals surface area contributed by atoms with Crippen molar-refractivity contribution < 1.29 is 49.7 Å². The minimum absolute atomic E-state index is 0.0168. The zero-order valence-corrected chi connectivity index (χ0v) is 21.5. The third-order valence-corrected chi connectivity index (χ3v) is 7.44. The number of ether oxygens (including phenoxy) is 4. The van der Waals surface area contributed by atoms with Crippen LogP contribution in [0.1, 0.15) is 55.9 Å². The molecular formula is C29H27F7O4. The van der Waals surface area contributed by atoms with Gasteiger partial charge in [-0.05, 0) is 59.9 Å². The standard InChI is InChI=1S/C29H27F7O4/c1-15-2-4-17(5-3-15)19-9-22(30)26(23(31)10-19)37-12-16-13-38-28(39-14-16)18-6-7-21-20(8-18)11-24(32)27(25(21)33)40-29(34,35)36/h6-11,15-17,28H,2-5,12-14H2,1H3. The highest BCUT2D eigenvalue weighted by Gasteiger charge is 2.35. The molecule has 3 aromatic carbocycles. The lowest BCUT2D eigenvalue weighted by molar-refractivity contribution is -0.276. The van der Waals surface area contributed by atoms with Crippen molar-refractivity contribution in [3.8, 4) is 11.5 Å². The zero-order chi connectivity index (χ0) is 28.6. The highest BCUT2D eigenvalue weighted by atomic mass is 19.4. The lowest BCUT2D eigenvalue weighted by Crippen LogP contribution is -2.31. The number of benzene rings is 3. The first-order valence-electron chi connectivity index (χ1n) is 13.0. The molecule has 2 fully saturated rings. The number of hydrogen-bond acceptors (Lipinski definition) is 4. The van der Waals surface area contributed by atoms with Gasteiger partial charge >= 0.3 is 6.36 Å². The minimum Gasteiger partial charge on any atom is -0.487 e. The Balaban J connectivity index is 1.19. The van der Waals surface area contributed by atoms with E-state index in [-0.39, 0.29) is 42.4 Å². The number of halogens is 7. The van der Waals surface area contributed by atoms with Crippen molar-refractivity contribution in [3.63, 3.8) is 0 Å². The first-order valence-corrected chi connectivity index (χ1v) is 13.0. The summed E-state index contributed by atoms with van der Waals surface area (Å²) in [7, 11) is 0. The Morgan fingerprint density at radius 3 is 2.05 bits per heavy atom. The fourth-order valence-corrected chi connectivity index (χ4v) is 5.27. The van der Waals surface area contributed by atoms with Crippen LogP contribution in [0, 0.1) is 35.1 Å². The summed E-state index contributed by atoms with van der Waals surface area (Å²) in [5.41, 5.74) is 1.01. The predicted molar refractivity (Wildman–Crippen MR) is 131 cm³/mol. The van der Waals surface area contributed by atoms with E-state index in [4.69, 9.17) is 14.2 Å². The van der Waals surface area contributed by atoms with Crippen LogP contribution in [0.2, 0.25) is 0 Å². The molecule has 1 aliphatic carbocycles. The Hall–Kier alpha value is -3.05. The van der Waals surface area contributed by atoms with Crippen molar-refractivity contribution in [2.45, 2.75) is 51.2 Å². The van der Waals surface area contributed by atoms with Crippen LogP contribution < -0.4 is 9.47 Å². The maximum absolute atomic E-state index is 14.7. The number of fused-ring (bicyclic) bond motifs is 1. The van der Waals surface area contributed by atoms with E-state index in [9.17, 15) is 30.7 Å². The topological polar surface area (TPSA) is 36.9 Å². The molecule has 5 rings (SSSR count). The van der Waals surface area contributed by atoms with Crippen LogP contribution in [-0.4, -0.2) is 26.2 Å². The summed E-state index contributed by atoms with van der Waals surface area (Å²) in [6.45, 7) is 2.31. The minimum atomic E-state index is -5.26. The Morgan fingerprint density at radius 1 is 0.800 bits per heavy atom. The molecule has 1 saturated carbocycles. The molecule has 0 amide bonds. The maximum Gasteiger partial charge on any atom is 0.573 e. The number of rotatable bonds is 6. The molecule has 3 aromatic rings. The molecule has 2 aliphatic rings. The van der Waals surface area contributed by atoms with Gasteiger partial charge < -0.3 is 18.9 Å². The monoisotopic (exact) mass is 572 g/mol. The van der Waals surface area contributed by atoms with Crippen molar-refractivity contribution in [2.24, 2.45) is 11.8 Å². The quantitative estimate of drug-likeness (QED) is 0.279. The number of hydrogen-bond donors (Lipinski definition) is 0. The molecule has 1 heterocycles. The Bertz CT molecular complexity index is 1340. The smallest absolute Gasteiger partial charge is 0.487 e. The summed E-state index contributed by atoms with van der Waals surface area (Å²) < 4.78 is 116. The lowest BCUT2D eigenvalue weighted by Gasteiger charge is -2.30. The SMILES string of the molecule is CC1CCC(c2cc(F)c(OCC3COC(c4ccc5c(F)c(OC(F)(F)F)c(F)cc5c4)OC3)c(F)c2)CC1. The van der Waals surface area contributed by atoms with Gasteiger partial charge in [-0.2, -0.15) is 0 Å². The van der Waals surface area contributed by atoms with Gasteiger partial charge in [-0.1, -0.05) is 31.9 Å². The molecule has 0 spiro atoms. The van der Waals surface area contributed by atoms with Gasteiger partial charge in [0.05, 0.1) is 19.8 Å². The lowest BCUT2D eigenvalue weighted by atomic mass is 9.79. The van der Waals surface area contributed by atoms with Crippen molar-refractivity contribution in [3.05, 3.63) is 70.8 Å². The van der Waals surface area contributed by atoms with Crippen LogP contribution in [0.3, 0.4) is 0 Å². The highest BCUT2D eigenvalue weighted by Crippen LogP contribution is 2.38. The highest BCUT2D eigenvalue weighted by molar-refractivity contribution is 5.85. The average Bonchev–Trinajstić information content (AvgIpc) is 2.90. The second-order valence-electron chi connectivity index (χ2n) is 10.5. The Labute approximate surface area is 226 Å². The molecule has 4 nitrogen and oxygen atoms in total. The normalized spacial score (nSPS) is 23.8. The summed E-state index contributed by atoms with van der Waals surface area (Å²) in [5.74, 6) is -6.11. The molecule has 11 heteroatoms. The first-order chi connectivity index (χ1) is 19.0. The fourth-order valence-electron chi connectivity index (χ4n) is 5.27. The van der Waals surface area contributed by atoms with Crippen LogP contribution in [0.5, 0.6) is 11.5 Å². The molecule has 216 valence electrons. The Kier molecular flexibility index (Phi) is 8.15. The third kappa shape index (κ3) is 6.30. The first kappa shape index (κ1) is 28.5. The molecule has 0 radical (unpaired) electrons. The zero-order valence-electron chi connectivity index (χ0n) is 21.5. The van der Waals surface area contributed by atoms with Gasteiger partial charge in [0.25, 0.3) is 0 Å². The molecule has 0 bridgehead atoms. The van der Waals surface area contributed by atoms with Crippen LogP contribution in [0.15, 0.2) is 36.4 Å². The molecule has 40 heavy (non-hydrogen) atoms. The van der Waals surface area contributed by atoms with Gasteiger partial charge in [0.2, 0.25) is 5.75 Å². The predicted octanol–water partition coefficient (Wildman–Crippen LogP) is 8.33. The van der Waals surface area contributed by atoms with Crippen molar-refractivity contribution in [2.75, 3.05) is 19.8 Å². The fraction of sp³-hybridized carbons (Fsp3) is 0.448. The van der Waals surface area contributed by atoms with Gasteiger partial charge in [-0.15, -0.1) is 13.2 Å². The summed E-state index contributed by atoms with van der Waals surface area (Å²) in [4.78, 5) is 0. The molecule has 0 unspecified atom stereocenters. The largest absolute Gasteiger partial charge is 0.573 e. The second kappa shape index (κ2) is 11.4. The van der Waals surface area contributed by atoms with E-state index >= 15 is 0 Å². The summed E-state index contributed by atoms with van der Waals surface area (Å²) in [5, 5.41) is -0.295. The van der Waals surface area contributed by atoms with Crippen LogP contribution in [0.4, 0.5) is 30.7 Å². The van der Waals surface area contributed by atoms with E-state index in [0.717, 1.165) is 31.7 Å². The van der Waals surface area contributed by atoms with Gasteiger partial charge in [-0.3, -0.25) is 0 Å². The van der Waals surface area contributed by atoms with Crippen LogP contribution in [0.25, 0.3) is 10.8 Å². The third-order valence-electron chi connectivity index (χ3n) is 7.44. The summed E-state index contributed by atoms with van der Waals surface area (Å²) >= 11 is 0. The summed E-state index contributed by atoms with van der Waals surface area (Å²) in [6, 6.07) is 7.29. The summed E-state index contributed by atoms with van der Waals surface area (Å²) in [6.07, 6.45) is -2.34.